The maximum atomic E-state index is 9.41. The maximum absolute atomic E-state index is 9.41. The summed E-state index contributed by atoms with van der Waals surface area (Å²) in [7, 11) is 0. The zero-order valence-corrected chi connectivity index (χ0v) is 14.6. The van der Waals surface area contributed by atoms with Gasteiger partial charge in [0.25, 0.3) is 0 Å². The van der Waals surface area contributed by atoms with Gasteiger partial charge in [-0.15, -0.1) is 0 Å². The van der Waals surface area contributed by atoms with Crippen molar-refractivity contribution >= 4 is 0 Å². The van der Waals surface area contributed by atoms with Gasteiger partial charge in [0.05, 0.1) is 0 Å². The predicted molar refractivity (Wildman–Crippen MR) is 102 cm³/mol. The monoisotopic (exact) mass is 346 g/mol. The molecule has 0 radical (unpaired) electrons. The highest BCUT2D eigenvalue weighted by Crippen LogP contribution is 2.37. The summed E-state index contributed by atoms with van der Waals surface area (Å²) in [5.74, 6) is 1.85. The van der Waals surface area contributed by atoms with E-state index in [2.05, 4.69) is 42.5 Å². The van der Waals surface area contributed by atoms with Crippen LogP contribution in [0.2, 0.25) is 0 Å². The van der Waals surface area contributed by atoms with Crippen LogP contribution in [0.1, 0.15) is 29.2 Å². The van der Waals surface area contributed by atoms with Crippen molar-refractivity contribution in [1.29, 1.82) is 0 Å². The largest absolute Gasteiger partial charge is 0.508 e. The molecule has 4 rings (SSSR count). The number of fused-ring (bicyclic) bond motifs is 1. The van der Waals surface area contributed by atoms with Crippen LogP contribution in [0.3, 0.4) is 0 Å². The van der Waals surface area contributed by atoms with Crippen molar-refractivity contribution in [2.45, 2.75) is 25.4 Å². The van der Waals surface area contributed by atoms with E-state index in [1.54, 1.807) is 12.1 Å². The van der Waals surface area contributed by atoms with Crippen molar-refractivity contribution in [2.24, 2.45) is 0 Å². The molecular weight excluding hydrogens is 324 g/mol. The first-order valence-electron chi connectivity index (χ1n) is 9.03. The lowest BCUT2D eigenvalue weighted by atomic mass is 10.0. The van der Waals surface area contributed by atoms with Crippen molar-refractivity contribution in [3.8, 4) is 17.2 Å². The van der Waals surface area contributed by atoms with Gasteiger partial charge >= 0.3 is 0 Å². The number of hydrogen-bond donors (Lipinski definition) is 1. The Hall–Kier alpha value is -2.94. The van der Waals surface area contributed by atoms with E-state index >= 15 is 0 Å². The van der Waals surface area contributed by atoms with Gasteiger partial charge in [0.2, 0.25) is 0 Å². The van der Waals surface area contributed by atoms with E-state index < -0.39 is 0 Å². The second-order valence-corrected chi connectivity index (χ2v) is 6.63. The molecule has 0 bridgehead atoms. The SMILES string of the molecule is Oc1ccc([C@H]2COc3cc(CCCc4ccccc4)ccc3O2)cc1. The van der Waals surface area contributed by atoms with Crippen LogP contribution in [-0.2, 0) is 12.8 Å². The van der Waals surface area contributed by atoms with E-state index in [4.69, 9.17) is 9.47 Å². The smallest absolute Gasteiger partial charge is 0.162 e. The highest BCUT2D eigenvalue weighted by molar-refractivity contribution is 5.45. The number of phenols is 1. The normalized spacial score (nSPS) is 15.6. The first-order valence-corrected chi connectivity index (χ1v) is 9.03. The van der Waals surface area contributed by atoms with Crippen molar-refractivity contribution in [2.75, 3.05) is 6.61 Å². The molecule has 0 aromatic heterocycles. The third kappa shape index (κ3) is 3.83. The number of phenolic OH excluding ortho intramolecular Hbond substituents is 1. The highest BCUT2D eigenvalue weighted by atomic mass is 16.6. The number of ether oxygens (including phenoxy) is 2. The molecule has 0 fully saturated rings. The van der Waals surface area contributed by atoms with Crippen LogP contribution in [-0.4, -0.2) is 11.7 Å². The third-order valence-corrected chi connectivity index (χ3v) is 4.71. The number of aromatic hydroxyl groups is 1. The Bertz CT molecular complexity index is 856. The lowest BCUT2D eigenvalue weighted by Crippen LogP contribution is -2.21. The second-order valence-electron chi connectivity index (χ2n) is 6.63. The van der Waals surface area contributed by atoms with Crippen molar-refractivity contribution in [3.05, 3.63) is 89.5 Å². The number of hydrogen-bond acceptors (Lipinski definition) is 3. The Balaban J connectivity index is 1.38. The standard InChI is InChI=1S/C23H22O3/c24-20-12-10-19(11-13-20)23-16-25-22-15-18(9-14-21(22)26-23)8-4-7-17-5-2-1-3-6-17/h1-3,5-6,9-15,23-24H,4,7-8,16H2/t23-/m1/s1. The van der Waals surface area contributed by atoms with Gasteiger partial charge < -0.3 is 14.6 Å². The quantitative estimate of drug-likeness (QED) is 0.700. The van der Waals surface area contributed by atoms with Crippen LogP contribution in [0.25, 0.3) is 0 Å². The van der Waals surface area contributed by atoms with Gasteiger partial charge in [-0.25, -0.2) is 0 Å². The lowest BCUT2D eigenvalue weighted by molar-refractivity contribution is 0.0911. The predicted octanol–water partition coefficient (Wildman–Crippen LogP) is 5.08. The molecular formula is C23H22O3. The summed E-state index contributed by atoms with van der Waals surface area (Å²) in [6.45, 7) is 0.477. The van der Waals surface area contributed by atoms with E-state index in [1.165, 1.54) is 11.1 Å². The minimum Gasteiger partial charge on any atom is -0.508 e. The summed E-state index contributed by atoms with van der Waals surface area (Å²) in [6, 6.07) is 23.9. The molecule has 0 saturated carbocycles. The number of rotatable bonds is 5. The van der Waals surface area contributed by atoms with E-state index in [0.717, 1.165) is 36.3 Å². The average Bonchev–Trinajstić information content (AvgIpc) is 2.69. The molecule has 1 aliphatic heterocycles. The van der Waals surface area contributed by atoms with Crippen LogP contribution in [0.5, 0.6) is 17.2 Å². The zero-order valence-electron chi connectivity index (χ0n) is 14.6. The zero-order chi connectivity index (χ0) is 17.8. The number of aryl methyl sites for hydroxylation is 2. The van der Waals surface area contributed by atoms with Crippen molar-refractivity contribution < 1.29 is 14.6 Å². The van der Waals surface area contributed by atoms with E-state index in [-0.39, 0.29) is 11.9 Å². The molecule has 1 N–H and O–H groups in total. The highest BCUT2D eigenvalue weighted by Gasteiger charge is 2.22. The minimum absolute atomic E-state index is 0.146. The molecule has 1 atom stereocenters. The minimum atomic E-state index is -0.146. The molecule has 0 amide bonds. The van der Waals surface area contributed by atoms with Gasteiger partial charge in [-0.3, -0.25) is 0 Å². The Morgan fingerprint density at radius 2 is 1.58 bits per heavy atom. The van der Waals surface area contributed by atoms with Crippen LogP contribution in [0.15, 0.2) is 72.8 Å². The fraction of sp³-hybridized carbons (Fsp3) is 0.217. The van der Waals surface area contributed by atoms with Crippen LogP contribution in [0, 0.1) is 0 Å². The molecule has 1 aliphatic rings. The third-order valence-electron chi connectivity index (χ3n) is 4.71. The number of benzene rings is 3. The van der Waals surface area contributed by atoms with Crippen molar-refractivity contribution in [1.82, 2.24) is 0 Å². The molecule has 3 aromatic carbocycles. The first-order chi connectivity index (χ1) is 12.8. The summed E-state index contributed by atoms with van der Waals surface area (Å²) in [4.78, 5) is 0. The molecule has 0 spiro atoms. The van der Waals surface area contributed by atoms with Gasteiger partial charge in [0.1, 0.15) is 12.4 Å². The van der Waals surface area contributed by atoms with Crippen LogP contribution >= 0.6 is 0 Å². The molecule has 0 aliphatic carbocycles. The Morgan fingerprint density at radius 1 is 0.808 bits per heavy atom. The van der Waals surface area contributed by atoms with Gasteiger partial charge in [0, 0.05) is 0 Å². The summed E-state index contributed by atoms with van der Waals surface area (Å²) in [5.41, 5.74) is 3.65. The molecule has 0 saturated heterocycles. The average molecular weight is 346 g/mol. The first kappa shape index (κ1) is 16.5. The summed E-state index contributed by atoms with van der Waals surface area (Å²) < 4.78 is 12.0. The summed E-state index contributed by atoms with van der Waals surface area (Å²) >= 11 is 0. The molecule has 132 valence electrons. The van der Waals surface area contributed by atoms with Gasteiger partial charge in [-0.1, -0.05) is 48.5 Å². The molecule has 1 heterocycles. The Kier molecular flexibility index (Phi) is 4.78. The molecule has 0 unspecified atom stereocenters. The summed E-state index contributed by atoms with van der Waals surface area (Å²) in [6.07, 6.45) is 3.07. The van der Waals surface area contributed by atoms with Gasteiger partial charge in [-0.05, 0) is 60.2 Å². The maximum Gasteiger partial charge on any atom is 0.162 e. The topological polar surface area (TPSA) is 38.7 Å². The summed E-state index contributed by atoms with van der Waals surface area (Å²) in [5, 5.41) is 9.41. The fourth-order valence-corrected chi connectivity index (χ4v) is 3.27. The van der Waals surface area contributed by atoms with Crippen LogP contribution in [0.4, 0.5) is 0 Å². The Morgan fingerprint density at radius 3 is 2.38 bits per heavy atom. The van der Waals surface area contributed by atoms with Crippen LogP contribution < -0.4 is 9.47 Å². The molecule has 3 nitrogen and oxygen atoms in total. The van der Waals surface area contributed by atoms with E-state index in [9.17, 15) is 5.11 Å². The van der Waals surface area contributed by atoms with E-state index in [0.29, 0.717) is 6.61 Å². The van der Waals surface area contributed by atoms with Gasteiger partial charge in [-0.2, -0.15) is 0 Å². The van der Waals surface area contributed by atoms with Gasteiger partial charge in [0.15, 0.2) is 17.6 Å². The van der Waals surface area contributed by atoms with E-state index in [1.807, 2.05) is 18.2 Å². The molecule has 26 heavy (non-hydrogen) atoms. The molecule has 3 heteroatoms. The second kappa shape index (κ2) is 7.52. The fourth-order valence-electron chi connectivity index (χ4n) is 3.27. The molecule has 3 aromatic rings. The Labute approximate surface area is 153 Å². The van der Waals surface area contributed by atoms with Crippen molar-refractivity contribution in [3.63, 3.8) is 0 Å². The lowest BCUT2D eigenvalue weighted by Gasteiger charge is -2.27.